The van der Waals surface area contributed by atoms with Crippen LogP contribution in [-0.2, 0) is 6.54 Å². The van der Waals surface area contributed by atoms with Crippen LogP contribution < -0.4 is 4.74 Å². The lowest BCUT2D eigenvalue weighted by molar-refractivity contribution is 0.415. The fourth-order valence-electron chi connectivity index (χ4n) is 2.07. The van der Waals surface area contributed by atoms with Gasteiger partial charge in [-0.1, -0.05) is 45.4 Å². The molecule has 0 N–H and O–H groups in total. The van der Waals surface area contributed by atoms with E-state index in [-0.39, 0.29) is 0 Å². The predicted octanol–water partition coefficient (Wildman–Crippen LogP) is 3.76. The van der Waals surface area contributed by atoms with Gasteiger partial charge in [-0.15, -0.1) is 5.10 Å². The summed E-state index contributed by atoms with van der Waals surface area (Å²) in [6, 6.07) is 16.0. The van der Waals surface area contributed by atoms with Gasteiger partial charge in [-0.2, -0.15) is 0 Å². The third-order valence-electron chi connectivity index (χ3n) is 3.16. The lowest BCUT2D eigenvalue weighted by atomic mass is 10.1. The highest BCUT2D eigenvalue weighted by Crippen LogP contribution is 2.21. The molecule has 0 bridgehead atoms. The number of aromatic nitrogens is 3. The molecule has 0 aliphatic heterocycles. The first-order chi connectivity index (χ1) is 10.2. The van der Waals surface area contributed by atoms with Crippen molar-refractivity contribution in [2.24, 2.45) is 0 Å². The Morgan fingerprint density at radius 3 is 2.71 bits per heavy atom. The van der Waals surface area contributed by atoms with Gasteiger partial charge >= 0.3 is 0 Å². The number of hydrogen-bond acceptors (Lipinski definition) is 3. The molecule has 2 aromatic carbocycles. The van der Waals surface area contributed by atoms with Crippen LogP contribution in [0.2, 0.25) is 0 Å². The normalized spacial score (nSPS) is 10.6. The van der Waals surface area contributed by atoms with Crippen LogP contribution in [0.15, 0.2) is 59.2 Å². The van der Waals surface area contributed by atoms with Crippen LogP contribution in [0.1, 0.15) is 5.56 Å². The molecule has 21 heavy (non-hydrogen) atoms. The van der Waals surface area contributed by atoms with E-state index in [1.165, 1.54) is 5.56 Å². The largest absolute Gasteiger partial charge is 0.497 e. The third-order valence-corrected chi connectivity index (χ3v) is 3.69. The maximum Gasteiger partial charge on any atom is 0.119 e. The molecular formula is C16H14BrN3O. The Morgan fingerprint density at radius 1 is 1.14 bits per heavy atom. The first-order valence-corrected chi connectivity index (χ1v) is 7.33. The van der Waals surface area contributed by atoms with Crippen molar-refractivity contribution >= 4 is 15.9 Å². The highest BCUT2D eigenvalue weighted by atomic mass is 79.9. The zero-order valence-electron chi connectivity index (χ0n) is 11.5. The molecule has 0 saturated heterocycles. The van der Waals surface area contributed by atoms with Crippen LogP contribution in [-0.4, -0.2) is 22.1 Å². The minimum absolute atomic E-state index is 0.699. The molecule has 1 heterocycles. The van der Waals surface area contributed by atoms with E-state index < -0.39 is 0 Å². The molecule has 1 aromatic heterocycles. The van der Waals surface area contributed by atoms with Gasteiger partial charge in [0.2, 0.25) is 0 Å². The Bertz CT molecular complexity index is 737. The summed E-state index contributed by atoms with van der Waals surface area (Å²) < 4.78 is 8.13. The second kappa shape index (κ2) is 6.10. The number of rotatable bonds is 4. The van der Waals surface area contributed by atoms with Crippen LogP contribution in [0.3, 0.4) is 0 Å². The maximum atomic E-state index is 5.23. The molecule has 0 aliphatic rings. The molecule has 3 rings (SSSR count). The smallest absolute Gasteiger partial charge is 0.119 e. The average molecular weight is 344 g/mol. The summed E-state index contributed by atoms with van der Waals surface area (Å²) in [5.41, 5.74) is 3.02. The average Bonchev–Trinajstić information content (AvgIpc) is 2.98. The van der Waals surface area contributed by atoms with E-state index in [0.29, 0.717) is 6.54 Å². The molecular weight excluding hydrogens is 330 g/mol. The molecule has 5 heteroatoms. The van der Waals surface area contributed by atoms with Gasteiger partial charge in [0.05, 0.1) is 19.9 Å². The van der Waals surface area contributed by atoms with Crippen molar-refractivity contribution in [3.8, 4) is 17.0 Å². The molecule has 4 nitrogen and oxygen atoms in total. The fraction of sp³-hybridized carbons (Fsp3) is 0.125. The van der Waals surface area contributed by atoms with E-state index in [1.54, 1.807) is 7.11 Å². The van der Waals surface area contributed by atoms with Crippen molar-refractivity contribution in [3.63, 3.8) is 0 Å². The Hall–Kier alpha value is -2.14. The van der Waals surface area contributed by atoms with Gasteiger partial charge in [0, 0.05) is 10.0 Å². The van der Waals surface area contributed by atoms with Gasteiger partial charge < -0.3 is 4.74 Å². The van der Waals surface area contributed by atoms with Gasteiger partial charge in [0.15, 0.2) is 0 Å². The maximum absolute atomic E-state index is 5.23. The van der Waals surface area contributed by atoms with Gasteiger partial charge in [-0.3, -0.25) is 0 Å². The molecule has 0 amide bonds. The standard InChI is InChI=1S/C16H14BrN3O/c1-21-15-4-2-3-13(9-15)16-11-20(19-18-16)10-12-5-7-14(17)8-6-12/h2-9,11H,10H2,1H3. The van der Waals surface area contributed by atoms with Crippen molar-refractivity contribution in [1.82, 2.24) is 15.0 Å². The summed E-state index contributed by atoms with van der Waals surface area (Å²) in [5, 5.41) is 8.40. The van der Waals surface area contributed by atoms with Crippen LogP contribution >= 0.6 is 15.9 Å². The molecule has 0 radical (unpaired) electrons. The molecule has 106 valence electrons. The zero-order valence-corrected chi connectivity index (χ0v) is 13.1. The van der Waals surface area contributed by atoms with Crippen LogP contribution in [0.5, 0.6) is 5.75 Å². The number of ether oxygens (including phenoxy) is 1. The highest BCUT2D eigenvalue weighted by Gasteiger charge is 2.05. The molecule has 0 aliphatic carbocycles. The molecule has 0 unspecified atom stereocenters. The van der Waals surface area contributed by atoms with Crippen LogP contribution in [0.25, 0.3) is 11.3 Å². The summed E-state index contributed by atoms with van der Waals surface area (Å²) in [4.78, 5) is 0. The first kappa shape index (κ1) is 13.8. The number of nitrogens with zero attached hydrogens (tertiary/aromatic N) is 3. The minimum Gasteiger partial charge on any atom is -0.497 e. The SMILES string of the molecule is COc1cccc(-c2cn(Cc3ccc(Br)cc3)nn2)c1. The summed E-state index contributed by atoms with van der Waals surface area (Å²) in [6.07, 6.45) is 1.94. The van der Waals surface area contributed by atoms with Crippen LogP contribution in [0, 0.1) is 0 Å². The lowest BCUT2D eigenvalue weighted by Crippen LogP contribution is -1.99. The number of methoxy groups -OCH3 is 1. The van der Waals surface area contributed by atoms with Crippen molar-refractivity contribution in [1.29, 1.82) is 0 Å². The number of benzene rings is 2. The van der Waals surface area contributed by atoms with Gasteiger partial charge in [-0.05, 0) is 29.8 Å². The summed E-state index contributed by atoms with van der Waals surface area (Å²) in [6.45, 7) is 0.699. The van der Waals surface area contributed by atoms with Gasteiger partial charge in [0.1, 0.15) is 11.4 Å². The summed E-state index contributed by atoms with van der Waals surface area (Å²) >= 11 is 3.43. The van der Waals surface area contributed by atoms with E-state index in [0.717, 1.165) is 21.5 Å². The van der Waals surface area contributed by atoms with E-state index >= 15 is 0 Å². The third kappa shape index (κ3) is 3.31. The van der Waals surface area contributed by atoms with Crippen molar-refractivity contribution in [2.45, 2.75) is 6.54 Å². The predicted molar refractivity (Wildman–Crippen MR) is 85.3 cm³/mol. The van der Waals surface area contributed by atoms with Crippen molar-refractivity contribution in [3.05, 3.63) is 64.8 Å². The van der Waals surface area contributed by atoms with E-state index in [4.69, 9.17) is 4.74 Å². The first-order valence-electron chi connectivity index (χ1n) is 6.53. The Labute approximate surface area is 131 Å². The summed E-state index contributed by atoms with van der Waals surface area (Å²) in [5.74, 6) is 0.815. The molecule has 0 fully saturated rings. The van der Waals surface area contributed by atoms with Crippen molar-refractivity contribution < 1.29 is 4.74 Å². The molecule has 0 atom stereocenters. The monoisotopic (exact) mass is 343 g/mol. The fourth-order valence-corrected chi connectivity index (χ4v) is 2.33. The van der Waals surface area contributed by atoms with E-state index in [2.05, 4.69) is 38.4 Å². The topological polar surface area (TPSA) is 39.9 Å². The molecule has 0 spiro atoms. The highest BCUT2D eigenvalue weighted by molar-refractivity contribution is 9.10. The Kier molecular flexibility index (Phi) is 4.01. The van der Waals surface area contributed by atoms with Crippen molar-refractivity contribution in [2.75, 3.05) is 7.11 Å². The van der Waals surface area contributed by atoms with Crippen LogP contribution in [0.4, 0.5) is 0 Å². The summed E-state index contributed by atoms with van der Waals surface area (Å²) in [7, 11) is 1.66. The van der Waals surface area contributed by atoms with Gasteiger partial charge in [0.25, 0.3) is 0 Å². The second-order valence-electron chi connectivity index (χ2n) is 4.66. The lowest BCUT2D eigenvalue weighted by Gasteiger charge is -2.01. The zero-order chi connectivity index (χ0) is 14.7. The number of hydrogen-bond donors (Lipinski definition) is 0. The second-order valence-corrected chi connectivity index (χ2v) is 5.58. The number of halogens is 1. The van der Waals surface area contributed by atoms with E-state index in [1.807, 2.05) is 47.3 Å². The quantitative estimate of drug-likeness (QED) is 0.723. The Morgan fingerprint density at radius 2 is 1.95 bits per heavy atom. The Balaban J connectivity index is 1.81. The van der Waals surface area contributed by atoms with Gasteiger partial charge in [-0.25, -0.2) is 4.68 Å². The van der Waals surface area contributed by atoms with E-state index in [9.17, 15) is 0 Å². The molecule has 0 saturated carbocycles. The minimum atomic E-state index is 0.699. The molecule has 3 aromatic rings.